The quantitative estimate of drug-likeness (QED) is 0.442. The van der Waals surface area contributed by atoms with Gasteiger partial charge < -0.3 is 5.32 Å². The second kappa shape index (κ2) is 7.84. The molecule has 1 amide bonds. The van der Waals surface area contributed by atoms with Crippen LogP contribution < -0.4 is 5.32 Å². The van der Waals surface area contributed by atoms with Crippen molar-refractivity contribution in [2.75, 3.05) is 5.32 Å². The number of nitrogens with one attached hydrogen (secondary N) is 1. The van der Waals surface area contributed by atoms with E-state index in [0.29, 0.717) is 27.5 Å². The minimum atomic E-state index is -4.50. The number of hydrogen-bond donors (Lipinski definition) is 1. The van der Waals surface area contributed by atoms with Crippen LogP contribution in [0.25, 0.3) is 16.9 Å². The Morgan fingerprint density at radius 3 is 2.50 bits per heavy atom. The van der Waals surface area contributed by atoms with Crippen LogP contribution in [0.4, 0.5) is 19.0 Å². The van der Waals surface area contributed by atoms with Crippen LogP contribution in [0.1, 0.15) is 11.1 Å². The van der Waals surface area contributed by atoms with Crippen LogP contribution in [0.5, 0.6) is 0 Å². The number of carbonyl (C=O) groups is 1. The fourth-order valence-corrected chi connectivity index (χ4v) is 3.39. The molecule has 0 radical (unpaired) electrons. The number of anilines is 1. The largest absolute Gasteiger partial charge is 0.417 e. The van der Waals surface area contributed by atoms with Crippen molar-refractivity contribution in [3.63, 3.8) is 0 Å². The maximum Gasteiger partial charge on any atom is 0.417 e. The molecule has 0 aliphatic heterocycles. The van der Waals surface area contributed by atoms with Gasteiger partial charge in [-0.1, -0.05) is 54.1 Å². The number of fused-ring (bicyclic) bond motifs is 1. The topological polar surface area (TPSA) is 46.4 Å². The van der Waals surface area contributed by atoms with Gasteiger partial charge in [-0.15, -0.1) is 0 Å². The SMILES string of the molecule is O=C(Cc1cccc(Cl)c1)Nc1nc2ccc(C(F)(F)F)cn2c1-c1ccccc1. The number of nitrogens with zero attached hydrogens (tertiary/aromatic N) is 2. The first-order chi connectivity index (χ1) is 14.3. The number of imidazole rings is 1. The molecule has 30 heavy (non-hydrogen) atoms. The fraction of sp³-hybridized carbons (Fsp3) is 0.0909. The molecule has 0 aliphatic carbocycles. The Bertz CT molecular complexity index is 1220. The zero-order valence-electron chi connectivity index (χ0n) is 15.4. The van der Waals surface area contributed by atoms with Crippen molar-refractivity contribution >= 4 is 29.0 Å². The Balaban J connectivity index is 1.76. The van der Waals surface area contributed by atoms with Gasteiger partial charge in [0.1, 0.15) is 5.65 Å². The van der Waals surface area contributed by atoms with Crippen LogP contribution in [0, 0.1) is 0 Å². The molecule has 2 heterocycles. The molecule has 0 bridgehead atoms. The first-order valence-electron chi connectivity index (χ1n) is 9.00. The predicted molar refractivity (Wildman–Crippen MR) is 109 cm³/mol. The lowest BCUT2D eigenvalue weighted by Gasteiger charge is -2.10. The van der Waals surface area contributed by atoms with E-state index in [4.69, 9.17) is 11.6 Å². The molecule has 2 aromatic heterocycles. The summed E-state index contributed by atoms with van der Waals surface area (Å²) in [5, 5.41) is 3.24. The molecule has 1 N–H and O–H groups in total. The first-order valence-corrected chi connectivity index (χ1v) is 9.38. The molecule has 0 spiro atoms. The maximum absolute atomic E-state index is 13.2. The van der Waals surface area contributed by atoms with E-state index in [0.717, 1.165) is 12.3 Å². The van der Waals surface area contributed by atoms with Gasteiger partial charge in [0.2, 0.25) is 5.91 Å². The molecular weight excluding hydrogens is 415 g/mol. The van der Waals surface area contributed by atoms with Crippen molar-refractivity contribution in [1.29, 1.82) is 0 Å². The summed E-state index contributed by atoms with van der Waals surface area (Å²) in [7, 11) is 0. The number of aromatic nitrogens is 2. The van der Waals surface area contributed by atoms with Gasteiger partial charge in [-0.25, -0.2) is 4.98 Å². The summed E-state index contributed by atoms with van der Waals surface area (Å²) in [6, 6.07) is 18.0. The zero-order valence-corrected chi connectivity index (χ0v) is 16.2. The Labute approximate surface area is 174 Å². The number of benzene rings is 2. The van der Waals surface area contributed by atoms with Gasteiger partial charge in [0.25, 0.3) is 0 Å². The van der Waals surface area contributed by atoms with Gasteiger partial charge in [0.15, 0.2) is 5.82 Å². The van der Waals surface area contributed by atoms with Gasteiger partial charge in [0, 0.05) is 16.8 Å². The molecule has 0 atom stereocenters. The third kappa shape index (κ3) is 4.16. The third-order valence-electron chi connectivity index (χ3n) is 4.50. The molecule has 4 aromatic rings. The summed E-state index contributed by atoms with van der Waals surface area (Å²) >= 11 is 5.96. The standard InChI is InChI=1S/C22H15ClF3N3O/c23-17-8-4-5-14(11-17)12-19(30)28-21-20(15-6-2-1-3-7-15)29-13-16(22(24,25)26)9-10-18(29)27-21/h1-11,13H,12H2,(H,28,30). The third-order valence-corrected chi connectivity index (χ3v) is 4.74. The van der Waals surface area contributed by atoms with E-state index in [1.54, 1.807) is 54.6 Å². The summed E-state index contributed by atoms with van der Waals surface area (Å²) in [6.07, 6.45) is -3.46. The summed E-state index contributed by atoms with van der Waals surface area (Å²) in [5.74, 6) is -0.165. The number of carbonyl (C=O) groups excluding carboxylic acids is 1. The molecule has 0 aliphatic rings. The Morgan fingerprint density at radius 1 is 1.03 bits per heavy atom. The van der Waals surface area contributed by atoms with Crippen LogP contribution in [0.15, 0.2) is 72.9 Å². The second-order valence-electron chi connectivity index (χ2n) is 6.67. The van der Waals surface area contributed by atoms with E-state index in [9.17, 15) is 18.0 Å². The minimum Gasteiger partial charge on any atom is -0.309 e. The molecule has 2 aromatic carbocycles. The molecule has 8 heteroatoms. The van der Waals surface area contributed by atoms with Gasteiger partial charge in [-0.05, 0) is 29.8 Å². The van der Waals surface area contributed by atoms with Crippen molar-refractivity contribution in [3.05, 3.63) is 89.1 Å². The zero-order chi connectivity index (χ0) is 21.3. The lowest BCUT2D eigenvalue weighted by Crippen LogP contribution is -2.15. The average molecular weight is 430 g/mol. The summed E-state index contributed by atoms with van der Waals surface area (Å²) in [5.41, 5.74) is 1.20. The van der Waals surface area contributed by atoms with Crippen LogP contribution in [-0.2, 0) is 17.4 Å². The molecule has 0 unspecified atom stereocenters. The van der Waals surface area contributed by atoms with E-state index >= 15 is 0 Å². The molecule has 0 fully saturated rings. The van der Waals surface area contributed by atoms with E-state index in [2.05, 4.69) is 10.3 Å². The highest BCUT2D eigenvalue weighted by Crippen LogP contribution is 2.33. The summed E-state index contributed by atoms with van der Waals surface area (Å²) < 4.78 is 41.0. The molecule has 0 saturated heterocycles. The monoisotopic (exact) mass is 429 g/mol. The lowest BCUT2D eigenvalue weighted by molar-refractivity contribution is -0.137. The Kier molecular flexibility index (Phi) is 5.22. The van der Waals surface area contributed by atoms with Gasteiger partial charge in [-0.3, -0.25) is 9.20 Å². The normalized spacial score (nSPS) is 11.6. The summed E-state index contributed by atoms with van der Waals surface area (Å²) in [4.78, 5) is 16.9. The Morgan fingerprint density at radius 2 is 1.80 bits per heavy atom. The van der Waals surface area contributed by atoms with Crippen molar-refractivity contribution in [1.82, 2.24) is 9.38 Å². The highest BCUT2D eigenvalue weighted by Gasteiger charge is 2.31. The molecule has 152 valence electrons. The van der Waals surface area contributed by atoms with E-state index in [-0.39, 0.29) is 18.1 Å². The number of rotatable bonds is 4. The van der Waals surface area contributed by atoms with E-state index in [1.807, 2.05) is 0 Å². The van der Waals surface area contributed by atoms with Gasteiger partial charge in [-0.2, -0.15) is 13.2 Å². The van der Waals surface area contributed by atoms with Crippen molar-refractivity contribution < 1.29 is 18.0 Å². The van der Waals surface area contributed by atoms with Crippen molar-refractivity contribution in [3.8, 4) is 11.3 Å². The second-order valence-corrected chi connectivity index (χ2v) is 7.11. The van der Waals surface area contributed by atoms with Crippen LogP contribution in [0.3, 0.4) is 0 Å². The number of pyridine rings is 1. The average Bonchev–Trinajstić information content (AvgIpc) is 3.04. The molecule has 4 rings (SSSR count). The van der Waals surface area contributed by atoms with Gasteiger partial charge in [0.05, 0.1) is 17.7 Å². The van der Waals surface area contributed by atoms with Crippen LogP contribution >= 0.6 is 11.6 Å². The van der Waals surface area contributed by atoms with Crippen LogP contribution in [0.2, 0.25) is 5.02 Å². The highest BCUT2D eigenvalue weighted by atomic mass is 35.5. The maximum atomic E-state index is 13.2. The number of halogens is 4. The Hall–Kier alpha value is -3.32. The lowest BCUT2D eigenvalue weighted by atomic mass is 10.1. The van der Waals surface area contributed by atoms with E-state index in [1.165, 1.54) is 10.5 Å². The smallest absolute Gasteiger partial charge is 0.309 e. The van der Waals surface area contributed by atoms with Crippen LogP contribution in [-0.4, -0.2) is 15.3 Å². The number of hydrogen-bond acceptors (Lipinski definition) is 2. The van der Waals surface area contributed by atoms with E-state index < -0.39 is 11.7 Å². The number of alkyl halides is 3. The molecule has 0 saturated carbocycles. The highest BCUT2D eigenvalue weighted by molar-refractivity contribution is 6.30. The number of amides is 1. The first kappa shape index (κ1) is 20.0. The summed E-state index contributed by atoms with van der Waals surface area (Å²) in [6.45, 7) is 0. The minimum absolute atomic E-state index is 0.0520. The van der Waals surface area contributed by atoms with Gasteiger partial charge >= 0.3 is 6.18 Å². The van der Waals surface area contributed by atoms with Crippen molar-refractivity contribution in [2.45, 2.75) is 12.6 Å². The molecular formula is C22H15ClF3N3O. The van der Waals surface area contributed by atoms with Crippen molar-refractivity contribution in [2.24, 2.45) is 0 Å². The fourth-order valence-electron chi connectivity index (χ4n) is 3.18. The predicted octanol–water partition coefficient (Wildman–Crippen LogP) is 5.85. The molecule has 4 nitrogen and oxygen atoms in total.